The topological polar surface area (TPSA) is 86.7 Å². The molecule has 0 fully saturated rings. The molecule has 2 rings (SSSR count). The Hall–Kier alpha value is -0.414. The summed E-state index contributed by atoms with van der Waals surface area (Å²) in [7, 11) is -4.58. The van der Waals surface area contributed by atoms with Crippen molar-refractivity contribution >= 4 is 10.1 Å². The number of benzene rings is 2. The first-order valence-corrected chi connectivity index (χ1v) is 12.9. The summed E-state index contributed by atoms with van der Waals surface area (Å²) in [6, 6.07) is 11.2. The summed E-state index contributed by atoms with van der Waals surface area (Å²) in [6.07, 6.45) is 14.0. The summed E-state index contributed by atoms with van der Waals surface area (Å²) in [4.78, 5) is -0.470. The van der Waals surface area contributed by atoms with Crippen molar-refractivity contribution in [2.24, 2.45) is 0 Å². The van der Waals surface area contributed by atoms with Crippen LogP contribution in [0.4, 0.5) is 0 Å². The average Bonchev–Trinajstić information content (AvgIpc) is 2.73. The van der Waals surface area contributed by atoms with Gasteiger partial charge in [-0.25, -0.2) is 0 Å². The van der Waals surface area contributed by atoms with Gasteiger partial charge in [0.2, 0.25) is 0 Å². The molecule has 7 heteroatoms. The number of aryl methyl sites for hydroxylation is 1. The van der Waals surface area contributed by atoms with Gasteiger partial charge in [0.1, 0.15) is 16.4 Å². The van der Waals surface area contributed by atoms with Gasteiger partial charge in [-0.05, 0) is 36.6 Å². The van der Waals surface area contributed by atoms with Gasteiger partial charge in [0.05, 0.1) is 0 Å². The SMILES string of the molecule is CCCCCCCCCCCCCc1cc([O-])c(Oc2ccccc2)c(S(=O)(=O)O)c1.[K+]. The van der Waals surface area contributed by atoms with Crippen molar-refractivity contribution in [3.63, 3.8) is 0 Å². The van der Waals surface area contributed by atoms with Gasteiger partial charge < -0.3 is 9.84 Å². The Balaban J connectivity index is 0.00000512. The predicted octanol–water partition coefficient (Wildman–Crippen LogP) is 3.66. The molecule has 172 valence electrons. The molecule has 0 amide bonds. The fraction of sp³-hybridized carbons (Fsp3) is 0.520. The van der Waals surface area contributed by atoms with Crippen LogP contribution in [0.2, 0.25) is 0 Å². The molecule has 0 saturated carbocycles. The molecule has 0 aliphatic carbocycles. The minimum Gasteiger partial charge on any atom is -0.870 e. The van der Waals surface area contributed by atoms with Crippen LogP contribution in [-0.4, -0.2) is 13.0 Å². The van der Waals surface area contributed by atoms with Crippen LogP contribution in [-0.2, 0) is 16.5 Å². The van der Waals surface area contributed by atoms with E-state index in [1.54, 1.807) is 30.3 Å². The first kappa shape index (κ1) is 29.6. The van der Waals surface area contributed by atoms with Gasteiger partial charge in [-0.3, -0.25) is 4.55 Å². The number of para-hydroxylation sites is 1. The van der Waals surface area contributed by atoms with Gasteiger partial charge >= 0.3 is 51.4 Å². The summed E-state index contributed by atoms with van der Waals surface area (Å²) in [5.41, 5.74) is 0.606. The van der Waals surface area contributed by atoms with E-state index in [-0.39, 0.29) is 57.1 Å². The van der Waals surface area contributed by atoms with E-state index in [1.165, 1.54) is 63.5 Å². The average molecular weight is 487 g/mol. The molecular weight excluding hydrogens is 451 g/mol. The molecule has 0 radical (unpaired) electrons. The zero-order chi connectivity index (χ0) is 22.5. The summed E-state index contributed by atoms with van der Waals surface area (Å²) < 4.78 is 38.8. The van der Waals surface area contributed by atoms with Gasteiger partial charge in [0.15, 0.2) is 0 Å². The van der Waals surface area contributed by atoms with Crippen molar-refractivity contribution < 1.29 is 74.2 Å². The molecule has 0 atom stereocenters. The maximum Gasteiger partial charge on any atom is 1.00 e. The third kappa shape index (κ3) is 11.1. The molecule has 1 N–H and O–H groups in total. The Labute approximate surface area is 236 Å². The van der Waals surface area contributed by atoms with Gasteiger partial charge in [0, 0.05) is 0 Å². The Morgan fingerprint density at radius 2 is 1.38 bits per heavy atom. The summed E-state index contributed by atoms with van der Waals surface area (Å²) in [5, 5.41) is 12.5. The zero-order valence-electron chi connectivity index (χ0n) is 19.5. The van der Waals surface area contributed by atoms with E-state index in [0.717, 1.165) is 19.3 Å². The van der Waals surface area contributed by atoms with Crippen molar-refractivity contribution in [1.29, 1.82) is 0 Å². The van der Waals surface area contributed by atoms with E-state index >= 15 is 0 Å². The van der Waals surface area contributed by atoms with E-state index in [0.29, 0.717) is 17.7 Å². The predicted molar refractivity (Wildman–Crippen MR) is 122 cm³/mol. The van der Waals surface area contributed by atoms with Crippen LogP contribution < -0.4 is 61.2 Å². The number of hydrogen-bond donors (Lipinski definition) is 1. The van der Waals surface area contributed by atoms with Crippen LogP contribution >= 0.6 is 0 Å². The zero-order valence-corrected chi connectivity index (χ0v) is 23.5. The van der Waals surface area contributed by atoms with Crippen LogP contribution in [0.3, 0.4) is 0 Å². The Bertz CT molecular complexity index is 885. The largest absolute Gasteiger partial charge is 1.00 e. The van der Waals surface area contributed by atoms with Crippen LogP contribution in [0, 0.1) is 0 Å². The van der Waals surface area contributed by atoms with Gasteiger partial charge in [-0.2, -0.15) is 8.42 Å². The fourth-order valence-corrected chi connectivity index (χ4v) is 4.34. The quantitative estimate of drug-likeness (QED) is 0.236. The standard InChI is InChI=1S/C25H36O5S.K/c1-2-3-4-5-6-7-8-9-10-11-13-16-21-19-23(26)25(24(20-21)31(27,28)29)30-22-17-14-12-15-18-22;/h12,14-15,17-20,26H,2-11,13,16H2,1H3,(H,27,28,29);/q;+1/p-1. The Morgan fingerprint density at radius 3 is 1.91 bits per heavy atom. The summed E-state index contributed by atoms with van der Waals surface area (Å²) >= 11 is 0. The van der Waals surface area contributed by atoms with Crippen LogP contribution in [0.5, 0.6) is 17.2 Å². The van der Waals surface area contributed by atoms with E-state index in [9.17, 15) is 18.1 Å². The normalized spacial score (nSPS) is 11.2. The first-order valence-electron chi connectivity index (χ1n) is 11.5. The molecule has 0 aliphatic heterocycles. The third-order valence-electron chi connectivity index (χ3n) is 5.39. The van der Waals surface area contributed by atoms with Crippen LogP contribution in [0.1, 0.15) is 83.1 Å². The second kappa shape index (κ2) is 16.3. The molecule has 0 unspecified atom stereocenters. The van der Waals surface area contributed by atoms with Crippen molar-refractivity contribution in [1.82, 2.24) is 0 Å². The number of unbranched alkanes of at least 4 members (excludes halogenated alkanes) is 10. The molecule has 0 spiro atoms. The number of hydrogen-bond acceptors (Lipinski definition) is 4. The molecule has 0 aromatic heterocycles. The smallest absolute Gasteiger partial charge is 0.870 e. The Morgan fingerprint density at radius 1 is 0.844 bits per heavy atom. The molecule has 32 heavy (non-hydrogen) atoms. The molecule has 0 bridgehead atoms. The maximum atomic E-state index is 12.5. The number of rotatable bonds is 15. The molecule has 0 heterocycles. The third-order valence-corrected chi connectivity index (χ3v) is 6.25. The van der Waals surface area contributed by atoms with Crippen molar-refractivity contribution in [2.45, 2.75) is 88.9 Å². The van der Waals surface area contributed by atoms with Crippen molar-refractivity contribution in [3.8, 4) is 17.2 Å². The second-order valence-corrected chi connectivity index (χ2v) is 9.49. The van der Waals surface area contributed by atoms with Crippen molar-refractivity contribution in [3.05, 3.63) is 48.0 Å². The molecule has 2 aromatic carbocycles. The van der Waals surface area contributed by atoms with E-state index in [4.69, 9.17) is 4.74 Å². The van der Waals surface area contributed by atoms with Gasteiger partial charge in [0.25, 0.3) is 10.1 Å². The molecule has 2 aromatic rings. The second-order valence-electron chi connectivity index (χ2n) is 8.10. The summed E-state index contributed by atoms with van der Waals surface area (Å²) in [5.74, 6) is -0.573. The van der Waals surface area contributed by atoms with E-state index in [1.807, 2.05) is 0 Å². The van der Waals surface area contributed by atoms with Gasteiger partial charge in [-0.15, -0.1) is 0 Å². The Kier molecular flexibility index (Phi) is 15.0. The van der Waals surface area contributed by atoms with Crippen LogP contribution in [0.15, 0.2) is 47.4 Å². The summed E-state index contributed by atoms with van der Waals surface area (Å²) in [6.45, 7) is 2.23. The fourth-order valence-electron chi connectivity index (χ4n) is 3.67. The van der Waals surface area contributed by atoms with E-state index in [2.05, 4.69) is 6.92 Å². The first-order chi connectivity index (χ1) is 14.9. The molecule has 0 saturated heterocycles. The number of ether oxygens (including phenoxy) is 1. The van der Waals surface area contributed by atoms with Crippen LogP contribution in [0.25, 0.3) is 0 Å². The van der Waals surface area contributed by atoms with Crippen molar-refractivity contribution in [2.75, 3.05) is 0 Å². The maximum absolute atomic E-state index is 12.5. The van der Waals surface area contributed by atoms with Gasteiger partial charge in [-0.1, -0.05) is 101 Å². The van der Waals surface area contributed by atoms with E-state index < -0.39 is 20.8 Å². The molecular formula is C25H35KO5S. The molecule has 0 aliphatic rings. The minimum absolute atomic E-state index is 0. The monoisotopic (exact) mass is 486 g/mol. The minimum atomic E-state index is -4.58. The molecule has 5 nitrogen and oxygen atoms in total.